The van der Waals surface area contributed by atoms with Gasteiger partial charge in [-0.05, 0) is 75.2 Å². The minimum absolute atomic E-state index is 0.0120. The molecule has 15 nitrogen and oxygen atoms in total. The van der Waals surface area contributed by atoms with Crippen molar-refractivity contribution in [1.82, 2.24) is 41.5 Å². The fourth-order valence-electron chi connectivity index (χ4n) is 7.95. The van der Waals surface area contributed by atoms with Crippen LogP contribution in [0.4, 0.5) is 0 Å². The van der Waals surface area contributed by atoms with Gasteiger partial charge in [0.15, 0.2) is 0 Å². The third kappa shape index (κ3) is 9.79. The van der Waals surface area contributed by atoms with Gasteiger partial charge in [0.1, 0.15) is 23.8 Å². The van der Waals surface area contributed by atoms with Gasteiger partial charge in [-0.2, -0.15) is 0 Å². The van der Waals surface area contributed by atoms with Gasteiger partial charge in [-0.3, -0.25) is 38.5 Å². The first-order valence-electron chi connectivity index (χ1n) is 18.8. The highest BCUT2D eigenvalue weighted by Crippen LogP contribution is 2.42. The Morgan fingerprint density at radius 1 is 0.904 bits per heavy atom. The van der Waals surface area contributed by atoms with Gasteiger partial charge in [-0.25, -0.2) is 4.98 Å². The van der Waals surface area contributed by atoms with Crippen LogP contribution in [0.5, 0.6) is 0 Å². The molecule has 1 aliphatic heterocycles. The number of nitrogens with one attached hydrogen (secondary N) is 5. The molecule has 3 saturated carbocycles. The maximum atomic E-state index is 14.6. The predicted molar refractivity (Wildman–Crippen MR) is 189 cm³/mol. The lowest BCUT2D eigenvalue weighted by Crippen LogP contribution is -2.60. The molecule has 5 N–H and O–H groups in total. The summed E-state index contributed by atoms with van der Waals surface area (Å²) in [7, 11) is 0. The second-order valence-electron chi connectivity index (χ2n) is 14.5. The minimum Gasteiger partial charge on any atom is -0.352 e. The van der Waals surface area contributed by atoms with Crippen LogP contribution in [0, 0.1) is 17.8 Å². The Morgan fingerprint density at radius 2 is 1.67 bits per heavy atom. The maximum absolute atomic E-state index is 14.6. The van der Waals surface area contributed by atoms with Gasteiger partial charge in [0.2, 0.25) is 29.4 Å². The lowest BCUT2D eigenvalue weighted by atomic mass is 9.83. The fraction of sp³-hybridized carbons (Fsp3) is 0.649. The largest absolute Gasteiger partial charge is 0.352 e. The lowest BCUT2D eigenvalue weighted by molar-refractivity contribution is -0.144. The zero-order valence-electron chi connectivity index (χ0n) is 29.9. The number of aromatic nitrogens is 2. The number of rotatable bonds is 17. The van der Waals surface area contributed by atoms with E-state index in [1.54, 1.807) is 0 Å². The summed E-state index contributed by atoms with van der Waals surface area (Å²) in [6.45, 7) is 5.65. The summed E-state index contributed by atoms with van der Waals surface area (Å²) in [6, 6.07) is -4.08. The molecule has 6 atom stereocenters. The standard InChI is InChI=1S/C37H52N8O7/c1-3-9-26(32(47)36(51)41-24-14-15-24)42-35(50)31-25-13-8-12-23(25)21-45(31)37(52)27(16-17-40-29(46)4-2)43-34(49)30(22-10-6-5-7-11-22)44-33(48)28-20-38-18-19-39-28/h4,18-20,22-27,30-31H,2-3,5-17,21H2,1H3,(H,40,46)(H,41,51)(H,42,50)(H,43,49)(H,44,48)/t23-,25-,26-,27-,30-,31?/m0/s1. The van der Waals surface area contributed by atoms with E-state index in [9.17, 15) is 33.6 Å². The highest BCUT2D eigenvalue weighted by Gasteiger charge is 2.51. The Balaban J connectivity index is 1.37. The van der Waals surface area contributed by atoms with Crippen LogP contribution < -0.4 is 26.6 Å². The van der Waals surface area contributed by atoms with E-state index in [-0.39, 0.29) is 55.4 Å². The molecular weight excluding hydrogens is 668 g/mol. The second kappa shape index (κ2) is 18.2. The zero-order valence-corrected chi connectivity index (χ0v) is 29.9. The van der Waals surface area contributed by atoms with Crippen molar-refractivity contribution < 1.29 is 33.6 Å². The number of amides is 6. The van der Waals surface area contributed by atoms with E-state index in [1.165, 1.54) is 23.5 Å². The van der Waals surface area contributed by atoms with Crippen molar-refractivity contribution >= 4 is 41.2 Å². The molecule has 0 spiro atoms. The SMILES string of the molecule is C=CC(=O)NCC[C@H](NC(=O)[C@@H](NC(=O)c1cnccn1)C1CCCCC1)C(=O)N1C[C@@H]2CCC[C@@H]2C1C(=O)N[C@@H](CCC)C(=O)C(=O)NC1CC1. The molecule has 0 aromatic carbocycles. The van der Waals surface area contributed by atoms with Gasteiger partial charge >= 0.3 is 0 Å². The fourth-order valence-corrected chi connectivity index (χ4v) is 7.95. The van der Waals surface area contributed by atoms with Crippen LogP contribution >= 0.6 is 0 Å². The number of fused-ring (bicyclic) bond motifs is 1. The van der Waals surface area contributed by atoms with Gasteiger partial charge in [0.25, 0.3) is 11.8 Å². The van der Waals surface area contributed by atoms with Crippen LogP contribution in [0.15, 0.2) is 31.2 Å². The number of carbonyl (C=O) groups is 7. The topological polar surface area (TPSA) is 209 Å². The van der Waals surface area contributed by atoms with E-state index in [0.717, 1.165) is 51.0 Å². The molecule has 1 saturated heterocycles. The van der Waals surface area contributed by atoms with Crippen molar-refractivity contribution in [2.45, 2.75) is 121 Å². The Morgan fingerprint density at radius 3 is 2.35 bits per heavy atom. The van der Waals surface area contributed by atoms with E-state index >= 15 is 0 Å². The van der Waals surface area contributed by atoms with Gasteiger partial charge in [0, 0.05) is 31.5 Å². The van der Waals surface area contributed by atoms with E-state index in [4.69, 9.17) is 0 Å². The van der Waals surface area contributed by atoms with Gasteiger partial charge in [0.05, 0.1) is 12.2 Å². The highest BCUT2D eigenvalue weighted by molar-refractivity contribution is 6.38. The number of nitrogens with zero attached hydrogens (tertiary/aromatic N) is 3. The van der Waals surface area contributed by atoms with Crippen LogP contribution in [0.3, 0.4) is 0 Å². The molecule has 5 rings (SSSR count). The van der Waals surface area contributed by atoms with Crippen molar-refractivity contribution in [2.75, 3.05) is 13.1 Å². The molecule has 6 amide bonds. The smallest absolute Gasteiger partial charge is 0.289 e. The van der Waals surface area contributed by atoms with E-state index in [1.807, 2.05) is 6.92 Å². The van der Waals surface area contributed by atoms with Crippen molar-refractivity contribution in [3.63, 3.8) is 0 Å². The van der Waals surface area contributed by atoms with Crippen LogP contribution in [0.25, 0.3) is 0 Å². The molecule has 4 fully saturated rings. The molecule has 282 valence electrons. The Kier molecular flexibility index (Phi) is 13.5. The van der Waals surface area contributed by atoms with Crippen molar-refractivity contribution in [3.8, 4) is 0 Å². The number of carbonyl (C=O) groups excluding carboxylic acids is 7. The first-order valence-corrected chi connectivity index (χ1v) is 18.8. The molecule has 1 unspecified atom stereocenters. The molecule has 3 aliphatic carbocycles. The van der Waals surface area contributed by atoms with Crippen molar-refractivity contribution in [3.05, 3.63) is 36.9 Å². The van der Waals surface area contributed by atoms with Crippen LogP contribution in [0.1, 0.15) is 101 Å². The Bertz CT molecular complexity index is 1500. The molecule has 0 bridgehead atoms. The van der Waals surface area contributed by atoms with Crippen molar-refractivity contribution in [1.29, 1.82) is 0 Å². The van der Waals surface area contributed by atoms with Crippen LogP contribution in [0.2, 0.25) is 0 Å². The average molecular weight is 721 g/mol. The molecule has 15 heteroatoms. The number of hydrogen-bond acceptors (Lipinski definition) is 9. The third-order valence-electron chi connectivity index (χ3n) is 10.8. The summed E-state index contributed by atoms with van der Waals surface area (Å²) in [6.07, 6.45) is 14.4. The second-order valence-corrected chi connectivity index (χ2v) is 14.5. The predicted octanol–water partition coefficient (Wildman–Crippen LogP) is 1.09. The van der Waals surface area contributed by atoms with E-state index in [2.05, 4.69) is 43.1 Å². The van der Waals surface area contributed by atoms with Crippen LogP contribution in [-0.4, -0.2) is 99.4 Å². The molecular formula is C37H52N8O7. The van der Waals surface area contributed by atoms with Crippen molar-refractivity contribution in [2.24, 2.45) is 17.8 Å². The highest BCUT2D eigenvalue weighted by atomic mass is 16.2. The monoisotopic (exact) mass is 720 g/mol. The average Bonchev–Trinajstić information content (AvgIpc) is 3.73. The number of hydrogen-bond donors (Lipinski definition) is 5. The summed E-state index contributed by atoms with van der Waals surface area (Å²) in [5.74, 6) is -4.27. The summed E-state index contributed by atoms with van der Waals surface area (Å²) in [5.41, 5.74) is 0.0539. The number of Topliss-reactive ketones (excluding diaryl/α,β-unsaturated/α-hetero) is 1. The normalized spacial score (nSPS) is 22.9. The van der Waals surface area contributed by atoms with E-state index in [0.29, 0.717) is 25.7 Å². The third-order valence-corrected chi connectivity index (χ3v) is 10.8. The summed E-state index contributed by atoms with van der Waals surface area (Å²) < 4.78 is 0. The maximum Gasteiger partial charge on any atom is 0.289 e. The quantitative estimate of drug-likeness (QED) is 0.115. The number of likely N-dealkylation sites (tertiary alicyclic amines) is 1. The Labute approximate surface area is 304 Å². The molecule has 1 aromatic rings. The number of ketones is 1. The molecule has 0 radical (unpaired) electrons. The summed E-state index contributed by atoms with van der Waals surface area (Å²) in [5, 5.41) is 13.9. The zero-order chi connectivity index (χ0) is 37.2. The summed E-state index contributed by atoms with van der Waals surface area (Å²) >= 11 is 0. The molecule has 2 heterocycles. The first-order chi connectivity index (χ1) is 25.1. The van der Waals surface area contributed by atoms with Crippen LogP contribution in [-0.2, 0) is 28.8 Å². The minimum atomic E-state index is -1.15. The Hall–Kier alpha value is -4.69. The molecule has 1 aromatic heterocycles. The molecule has 4 aliphatic rings. The summed E-state index contributed by atoms with van der Waals surface area (Å²) in [4.78, 5) is 103. The van der Waals surface area contributed by atoms with E-state index < -0.39 is 65.4 Å². The molecule has 52 heavy (non-hydrogen) atoms. The van der Waals surface area contributed by atoms with Gasteiger partial charge in [-0.1, -0.05) is 45.6 Å². The van der Waals surface area contributed by atoms with Gasteiger partial charge in [-0.15, -0.1) is 0 Å². The lowest BCUT2D eigenvalue weighted by Gasteiger charge is -2.34. The first kappa shape index (κ1) is 38.5. The van der Waals surface area contributed by atoms with Gasteiger partial charge < -0.3 is 31.5 Å².